The predicted octanol–water partition coefficient (Wildman–Crippen LogP) is 4.58. The smallest absolute Gasteiger partial charge is 0.251 e. The number of carbonyl (C=O) groups excluding carboxylic acids is 2. The summed E-state index contributed by atoms with van der Waals surface area (Å²) in [4.78, 5) is 42.3. The van der Waals surface area contributed by atoms with Crippen LogP contribution in [-0.4, -0.2) is 79.1 Å². The molecule has 2 fully saturated rings. The molecular weight excluding hydrogens is 518 g/mol. The van der Waals surface area contributed by atoms with E-state index in [0.717, 1.165) is 63.2 Å². The van der Waals surface area contributed by atoms with Gasteiger partial charge in [0.1, 0.15) is 11.4 Å². The second-order valence-electron chi connectivity index (χ2n) is 12.3. The number of aromatic nitrogens is 2. The van der Waals surface area contributed by atoms with Crippen LogP contribution in [0.15, 0.2) is 24.4 Å². The zero-order chi connectivity index (χ0) is 29.1. The molecular formula is C31H45N7O3. The maximum atomic E-state index is 13.3. The number of nitrogens with zero attached hydrogens (tertiary/aromatic N) is 5. The number of methoxy groups -OCH3 is 1. The minimum Gasteiger partial charge on any atom is -0.495 e. The molecule has 1 saturated carbocycles. The first-order valence-corrected chi connectivity index (χ1v) is 15.1. The van der Waals surface area contributed by atoms with Gasteiger partial charge in [-0.15, -0.1) is 0 Å². The summed E-state index contributed by atoms with van der Waals surface area (Å²) >= 11 is 0. The van der Waals surface area contributed by atoms with Gasteiger partial charge < -0.3 is 30.1 Å². The fourth-order valence-corrected chi connectivity index (χ4v) is 6.47. The first kappa shape index (κ1) is 29.1. The van der Waals surface area contributed by atoms with Crippen LogP contribution in [0.2, 0.25) is 0 Å². The topological polar surface area (TPSA) is 103 Å². The Morgan fingerprint density at radius 1 is 1.15 bits per heavy atom. The molecule has 0 radical (unpaired) electrons. The highest BCUT2D eigenvalue weighted by Crippen LogP contribution is 2.40. The van der Waals surface area contributed by atoms with Crippen molar-refractivity contribution in [2.24, 2.45) is 5.41 Å². The standard InChI is InChI=1S/C31H45N7O3/c1-6-15-37-16-13-22(14-17-37)33-28(39)21-11-12-24(26(18-21)41-5)34-30-32-19-25-27(35-30)38(23-9-7-8-10-23)20-31(2,3)29(40)36(25)4/h11-12,18-19,22-23H,6-10,13-17,20H2,1-5H3,(H,33,39)(H,32,34,35). The molecule has 0 unspecified atom stereocenters. The number of fused-ring (bicyclic) bond motifs is 1. The van der Waals surface area contributed by atoms with E-state index in [1.54, 1.807) is 37.4 Å². The van der Waals surface area contributed by atoms with Crippen molar-refractivity contribution in [1.82, 2.24) is 20.2 Å². The van der Waals surface area contributed by atoms with E-state index < -0.39 is 5.41 Å². The van der Waals surface area contributed by atoms with Crippen molar-refractivity contribution < 1.29 is 14.3 Å². The third-order valence-corrected chi connectivity index (χ3v) is 8.77. The molecule has 5 rings (SSSR count). The summed E-state index contributed by atoms with van der Waals surface area (Å²) in [5.41, 5.74) is 1.40. The molecule has 3 heterocycles. The monoisotopic (exact) mass is 563 g/mol. The van der Waals surface area contributed by atoms with Gasteiger partial charge in [0.25, 0.3) is 5.91 Å². The van der Waals surface area contributed by atoms with Crippen LogP contribution in [0.5, 0.6) is 5.75 Å². The molecule has 2 aromatic rings. The Labute approximate surface area is 243 Å². The van der Waals surface area contributed by atoms with Gasteiger partial charge in [-0.25, -0.2) is 4.98 Å². The summed E-state index contributed by atoms with van der Waals surface area (Å²) in [7, 11) is 3.40. The van der Waals surface area contributed by atoms with E-state index in [0.29, 0.717) is 35.5 Å². The van der Waals surface area contributed by atoms with Gasteiger partial charge in [0.2, 0.25) is 11.9 Å². The molecule has 10 nitrogen and oxygen atoms in total. The van der Waals surface area contributed by atoms with Gasteiger partial charge in [-0.05, 0) is 70.7 Å². The fraction of sp³-hybridized carbons (Fsp3) is 0.613. The van der Waals surface area contributed by atoms with Crippen molar-refractivity contribution in [3.05, 3.63) is 30.0 Å². The lowest BCUT2D eigenvalue weighted by atomic mass is 9.91. The number of hydrogen-bond donors (Lipinski definition) is 2. The minimum absolute atomic E-state index is 0.0607. The van der Waals surface area contributed by atoms with E-state index >= 15 is 0 Å². The van der Waals surface area contributed by atoms with Gasteiger partial charge in [-0.3, -0.25) is 9.59 Å². The van der Waals surface area contributed by atoms with Crippen LogP contribution >= 0.6 is 0 Å². The summed E-state index contributed by atoms with van der Waals surface area (Å²) in [6.45, 7) is 9.97. The molecule has 10 heteroatoms. The third-order valence-electron chi connectivity index (χ3n) is 8.77. The number of anilines is 4. The van der Waals surface area contributed by atoms with Crippen LogP contribution in [0.1, 0.15) is 76.1 Å². The molecule has 1 aromatic heterocycles. The van der Waals surface area contributed by atoms with Gasteiger partial charge in [0, 0.05) is 44.3 Å². The quantitative estimate of drug-likeness (QED) is 0.481. The van der Waals surface area contributed by atoms with E-state index in [2.05, 4.69) is 32.3 Å². The summed E-state index contributed by atoms with van der Waals surface area (Å²) in [6.07, 6.45) is 9.37. The Morgan fingerprint density at radius 3 is 2.56 bits per heavy atom. The second-order valence-corrected chi connectivity index (χ2v) is 12.3. The van der Waals surface area contributed by atoms with Crippen molar-refractivity contribution >= 4 is 35.0 Å². The van der Waals surface area contributed by atoms with Crippen LogP contribution < -0.4 is 25.2 Å². The van der Waals surface area contributed by atoms with E-state index in [1.165, 1.54) is 12.8 Å². The molecule has 2 N–H and O–H groups in total. The molecule has 2 amide bonds. The third kappa shape index (κ3) is 6.27. The zero-order valence-corrected chi connectivity index (χ0v) is 25.2. The number of likely N-dealkylation sites (tertiary alicyclic amines) is 1. The Kier molecular flexibility index (Phi) is 8.68. The molecule has 1 saturated heterocycles. The number of hydrogen-bond acceptors (Lipinski definition) is 8. The Hall–Kier alpha value is -3.40. The lowest BCUT2D eigenvalue weighted by Crippen LogP contribution is -2.45. The largest absolute Gasteiger partial charge is 0.495 e. The summed E-state index contributed by atoms with van der Waals surface area (Å²) in [6, 6.07) is 5.93. The van der Waals surface area contributed by atoms with Crippen molar-refractivity contribution in [3.63, 3.8) is 0 Å². The predicted molar refractivity (Wildman–Crippen MR) is 162 cm³/mol. The van der Waals surface area contributed by atoms with Crippen LogP contribution in [0.3, 0.4) is 0 Å². The van der Waals surface area contributed by atoms with Gasteiger partial charge in [0.05, 0.1) is 24.4 Å². The van der Waals surface area contributed by atoms with Crippen molar-refractivity contribution in [1.29, 1.82) is 0 Å². The molecule has 0 atom stereocenters. The number of rotatable bonds is 8. The van der Waals surface area contributed by atoms with Crippen molar-refractivity contribution in [2.75, 3.05) is 55.5 Å². The fourth-order valence-electron chi connectivity index (χ4n) is 6.47. The Bertz CT molecular complexity index is 1250. The van der Waals surface area contributed by atoms with Crippen LogP contribution in [0.4, 0.5) is 23.1 Å². The summed E-state index contributed by atoms with van der Waals surface area (Å²) < 4.78 is 5.66. The average molecular weight is 564 g/mol. The Morgan fingerprint density at radius 2 is 1.88 bits per heavy atom. The molecule has 0 spiro atoms. The van der Waals surface area contributed by atoms with Crippen molar-refractivity contribution in [2.45, 2.75) is 77.8 Å². The molecule has 41 heavy (non-hydrogen) atoms. The van der Waals surface area contributed by atoms with Gasteiger partial charge in [0.15, 0.2) is 5.82 Å². The molecule has 0 bridgehead atoms. The number of carbonyl (C=O) groups is 2. The molecule has 2 aliphatic heterocycles. The lowest BCUT2D eigenvalue weighted by molar-refractivity contribution is -0.125. The zero-order valence-electron chi connectivity index (χ0n) is 25.2. The van der Waals surface area contributed by atoms with E-state index in [4.69, 9.17) is 9.72 Å². The highest BCUT2D eigenvalue weighted by atomic mass is 16.5. The number of amides is 2. The van der Waals surface area contributed by atoms with Gasteiger partial charge in [-0.2, -0.15) is 4.98 Å². The molecule has 1 aliphatic carbocycles. The van der Waals surface area contributed by atoms with E-state index in [-0.39, 0.29) is 17.9 Å². The SMILES string of the molecule is CCCN1CCC(NC(=O)c2ccc(Nc3ncc4c(n3)N(C3CCCC3)CC(C)(C)C(=O)N4C)c(OC)c2)CC1. The van der Waals surface area contributed by atoms with Gasteiger partial charge in [-0.1, -0.05) is 19.8 Å². The number of piperidine rings is 1. The highest BCUT2D eigenvalue weighted by Gasteiger charge is 2.41. The number of ether oxygens (including phenoxy) is 1. The van der Waals surface area contributed by atoms with Gasteiger partial charge >= 0.3 is 0 Å². The highest BCUT2D eigenvalue weighted by molar-refractivity contribution is 6.01. The number of nitrogens with one attached hydrogen (secondary N) is 2. The second kappa shape index (κ2) is 12.2. The van der Waals surface area contributed by atoms with Crippen LogP contribution in [0, 0.1) is 5.41 Å². The number of benzene rings is 1. The maximum Gasteiger partial charge on any atom is 0.251 e. The Balaban J connectivity index is 1.34. The van der Waals surface area contributed by atoms with Crippen LogP contribution in [-0.2, 0) is 4.79 Å². The first-order chi connectivity index (χ1) is 19.7. The maximum absolute atomic E-state index is 13.3. The normalized spacial score (nSPS) is 20.1. The molecule has 222 valence electrons. The summed E-state index contributed by atoms with van der Waals surface area (Å²) in [5, 5.41) is 6.50. The van der Waals surface area contributed by atoms with Crippen molar-refractivity contribution in [3.8, 4) is 5.75 Å². The van der Waals surface area contributed by atoms with Crippen LogP contribution in [0.25, 0.3) is 0 Å². The molecule has 3 aliphatic rings. The van der Waals surface area contributed by atoms with E-state index in [9.17, 15) is 9.59 Å². The molecule has 1 aromatic carbocycles. The summed E-state index contributed by atoms with van der Waals surface area (Å²) in [5.74, 6) is 1.70. The minimum atomic E-state index is -0.544. The first-order valence-electron chi connectivity index (χ1n) is 15.1. The lowest BCUT2D eigenvalue weighted by Gasteiger charge is -2.34. The average Bonchev–Trinajstić information content (AvgIpc) is 3.49. The van der Waals surface area contributed by atoms with E-state index in [1.807, 2.05) is 19.9 Å².